The lowest BCUT2D eigenvalue weighted by molar-refractivity contribution is -0.114. The van der Waals surface area contributed by atoms with Gasteiger partial charge in [-0.1, -0.05) is 32.9 Å². The zero-order valence-corrected chi connectivity index (χ0v) is 17.6. The molecule has 6 nitrogen and oxygen atoms in total. The van der Waals surface area contributed by atoms with E-state index < -0.39 is 0 Å². The Labute approximate surface area is 173 Å². The Morgan fingerprint density at radius 3 is 2.45 bits per heavy atom. The van der Waals surface area contributed by atoms with E-state index in [-0.39, 0.29) is 24.4 Å². The molecule has 0 saturated heterocycles. The highest BCUT2D eigenvalue weighted by molar-refractivity contribution is 5.96. The number of carbonyl (C=O) groups excluding carboxylic acids is 2. The van der Waals surface area contributed by atoms with Crippen LogP contribution in [0.3, 0.4) is 0 Å². The molecule has 0 aliphatic carbocycles. The second kappa shape index (κ2) is 11.1. The fourth-order valence-electron chi connectivity index (χ4n) is 2.49. The number of nitrogens with one attached hydrogen (secondary N) is 3. The summed E-state index contributed by atoms with van der Waals surface area (Å²) in [6.07, 6.45) is 0.869. The lowest BCUT2D eigenvalue weighted by Crippen LogP contribution is -2.31. The van der Waals surface area contributed by atoms with Crippen LogP contribution in [0.15, 0.2) is 48.5 Å². The monoisotopic (exact) mass is 397 g/mol. The number of anilines is 2. The van der Waals surface area contributed by atoms with Gasteiger partial charge in [-0.2, -0.15) is 0 Å². The van der Waals surface area contributed by atoms with Gasteiger partial charge in [0.1, 0.15) is 5.75 Å². The number of rotatable bonds is 10. The molecule has 156 valence electrons. The molecule has 0 bridgehead atoms. The molecule has 0 spiro atoms. The Bertz CT molecular complexity index is 821. The van der Waals surface area contributed by atoms with Crippen molar-refractivity contribution in [2.24, 2.45) is 5.92 Å². The topological polar surface area (TPSA) is 79.5 Å². The first-order valence-electron chi connectivity index (χ1n) is 10.0. The minimum absolute atomic E-state index is 0.0908. The fraction of sp³-hybridized carbons (Fsp3) is 0.391. The first-order valence-corrected chi connectivity index (χ1v) is 10.0. The van der Waals surface area contributed by atoms with Gasteiger partial charge in [0, 0.05) is 29.0 Å². The molecule has 2 rings (SSSR count). The Hall–Kier alpha value is -3.02. The molecule has 29 heavy (non-hydrogen) atoms. The van der Waals surface area contributed by atoms with Gasteiger partial charge >= 0.3 is 0 Å². The second-order valence-corrected chi connectivity index (χ2v) is 7.50. The smallest absolute Gasteiger partial charge is 0.251 e. The van der Waals surface area contributed by atoms with Crippen molar-refractivity contribution in [2.45, 2.75) is 40.2 Å². The van der Waals surface area contributed by atoms with Gasteiger partial charge in [0.05, 0.1) is 13.2 Å². The van der Waals surface area contributed by atoms with E-state index in [9.17, 15) is 9.59 Å². The summed E-state index contributed by atoms with van der Waals surface area (Å²) in [4.78, 5) is 24.5. The average molecular weight is 398 g/mol. The molecule has 6 heteroatoms. The van der Waals surface area contributed by atoms with Crippen molar-refractivity contribution >= 4 is 23.2 Å². The van der Waals surface area contributed by atoms with E-state index >= 15 is 0 Å². The summed E-state index contributed by atoms with van der Waals surface area (Å²) in [5.41, 5.74) is 1.96. The van der Waals surface area contributed by atoms with Crippen molar-refractivity contribution in [1.29, 1.82) is 0 Å². The van der Waals surface area contributed by atoms with Gasteiger partial charge in [-0.05, 0) is 49.6 Å². The predicted molar refractivity (Wildman–Crippen MR) is 118 cm³/mol. The third-order valence-corrected chi connectivity index (χ3v) is 4.27. The van der Waals surface area contributed by atoms with Gasteiger partial charge in [-0.3, -0.25) is 9.59 Å². The van der Waals surface area contributed by atoms with Crippen LogP contribution in [0.25, 0.3) is 0 Å². The number of ether oxygens (including phenoxy) is 1. The minimum Gasteiger partial charge on any atom is -0.493 e. The van der Waals surface area contributed by atoms with Crippen molar-refractivity contribution in [2.75, 3.05) is 23.8 Å². The third kappa shape index (κ3) is 7.86. The number of hydrogen-bond donors (Lipinski definition) is 3. The van der Waals surface area contributed by atoms with Gasteiger partial charge in [0.15, 0.2) is 0 Å². The van der Waals surface area contributed by atoms with Crippen LogP contribution in [0.5, 0.6) is 5.75 Å². The van der Waals surface area contributed by atoms with Crippen molar-refractivity contribution in [3.05, 3.63) is 54.1 Å². The average Bonchev–Trinajstić information content (AvgIpc) is 2.71. The van der Waals surface area contributed by atoms with Crippen LogP contribution in [0.1, 0.15) is 44.5 Å². The lowest BCUT2D eigenvalue weighted by atomic mass is 10.1. The zero-order valence-electron chi connectivity index (χ0n) is 17.6. The highest BCUT2D eigenvalue weighted by Crippen LogP contribution is 2.18. The highest BCUT2D eigenvalue weighted by Gasteiger charge is 2.10. The number of carbonyl (C=O) groups is 2. The summed E-state index contributed by atoms with van der Waals surface area (Å²) in [6.45, 7) is 8.87. The van der Waals surface area contributed by atoms with Gasteiger partial charge in [0.2, 0.25) is 5.91 Å². The lowest BCUT2D eigenvalue weighted by Gasteiger charge is -2.13. The SMILES string of the molecule is CCC(C)NC(=O)c1cccc(NCC(=O)Nc2cccc(OCC(C)C)c2)c1. The van der Waals surface area contributed by atoms with Gasteiger partial charge in [0.25, 0.3) is 5.91 Å². The Morgan fingerprint density at radius 2 is 1.72 bits per heavy atom. The largest absolute Gasteiger partial charge is 0.493 e. The van der Waals surface area contributed by atoms with Gasteiger partial charge in [-0.25, -0.2) is 0 Å². The molecule has 0 aliphatic rings. The van der Waals surface area contributed by atoms with Crippen LogP contribution in [-0.4, -0.2) is 31.0 Å². The maximum absolute atomic E-state index is 12.3. The third-order valence-electron chi connectivity index (χ3n) is 4.27. The quantitative estimate of drug-likeness (QED) is 0.558. The number of benzene rings is 2. The molecular weight excluding hydrogens is 366 g/mol. The molecule has 0 radical (unpaired) electrons. The second-order valence-electron chi connectivity index (χ2n) is 7.50. The van der Waals surface area contributed by atoms with Crippen LogP contribution in [0.4, 0.5) is 11.4 Å². The summed E-state index contributed by atoms with van der Waals surface area (Å²) >= 11 is 0. The van der Waals surface area contributed by atoms with E-state index in [0.29, 0.717) is 29.5 Å². The highest BCUT2D eigenvalue weighted by atomic mass is 16.5. The first kappa shape index (κ1) is 22.3. The van der Waals surface area contributed by atoms with E-state index in [1.165, 1.54) is 0 Å². The van der Waals surface area contributed by atoms with Crippen LogP contribution in [-0.2, 0) is 4.79 Å². The summed E-state index contributed by atoms with van der Waals surface area (Å²) in [5, 5.41) is 8.84. The fourth-order valence-corrected chi connectivity index (χ4v) is 2.49. The van der Waals surface area contributed by atoms with E-state index in [1.54, 1.807) is 24.3 Å². The van der Waals surface area contributed by atoms with Crippen molar-refractivity contribution in [3.8, 4) is 5.75 Å². The maximum atomic E-state index is 12.3. The minimum atomic E-state index is -0.180. The first-order chi connectivity index (χ1) is 13.9. The molecule has 3 N–H and O–H groups in total. The van der Waals surface area contributed by atoms with E-state index in [1.807, 2.05) is 38.1 Å². The molecule has 0 heterocycles. The summed E-state index contributed by atoms with van der Waals surface area (Å²) in [5.74, 6) is 0.857. The molecule has 0 fully saturated rings. The van der Waals surface area contributed by atoms with Crippen molar-refractivity contribution in [3.63, 3.8) is 0 Å². The van der Waals surface area contributed by atoms with Crippen LogP contribution < -0.4 is 20.7 Å². The maximum Gasteiger partial charge on any atom is 0.251 e. The zero-order chi connectivity index (χ0) is 21.2. The molecule has 2 amide bonds. The number of amides is 2. The summed E-state index contributed by atoms with van der Waals surface area (Å²) in [7, 11) is 0. The Balaban J connectivity index is 1.88. The molecule has 1 unspecified atom stereocenters. The standard InChI is InChI=1S/C23H31N3O3/c1-5-17(4)25-23(28)18-8-6-9-19(12-18)24-14-22(27)26-20-10-7-11-21(13-20)29-15-16(2)3/h6-13,16-17,24H,5,14-15H2,1-4H3,(H,25,28)(H,26,27). The van der Waals surface area contributed by atoms with Crippen molar-refractivity contribution < 1.29 is 14.3 Å². The van der Waals surface area contributed by atoms with E-state index in [2.05, 4.69) is 29.8 Å². The van der Waals surface area contributed by atoms with E-state index in [4.69, 9.17) is 4.74 Å². The molecule has 1 atom stereocenters. The Morgan fingerprint density at radius 1 is 1.00 bits per heavy atom. The molecule has 2 aromatic rings. The van der Waals surface area contributed by atoms with Gasteiger partial charge in [-0.15, -0.1) is 0 Å². The molecular formula is C23H31N3O3. The normalized spacial score (nSPS) is 11.6. The van der Waals surface area contributed by atoms with Crippen LogP contribution in [0, 0.1) is 5.92 Å². The summed E-state index contributed by atoms with van der Waals surface area (Å²) < 4.78 is 5.69. The Kier molecular flexibility index (Phi) is 8.52. The predicted octanol–water partition coefficient (Wildman–Crippen LogP) is 4.30. The van der Waals surface area contributed by atoms with Crippen LogP contribution in [0.2, 0.25) is 0 Å². The van der Waals surface area contributed by atoms with Gasteiger partial charge < -0.3 is 20.7 Å². The number of hydrogen-bond acceptors (Lipinski definition) is 4. The molecule has 2 aromatic carbocycles. The summed E-state index contributed by atoms with van der Waals surface area (Å²) in [6, 6.07) is 14.6. The molecule has 0 aliphatic heterocycles. The molecule has 0 saturated carbocycles. The molecule has 0 aromatic heterocycles. The van der Waals surface area contributed by atoms with Crippen LogP contribution >= 0.6 is 0 Å². The van der Waals surface area contributed by atoms with Crippen molar-refractivity contribution in [1.82, 2.24) is 5.32 Å². The van der Waals surface area contributed by atoms with E-state index in [0.717, 1.165) is 12.2 Å².